The lowest BCUT2D eigenvalue weighted by Gasteiger charge is -2.31. The number of phenols is 1. The maximum atomic E-state index is 12.3. The van der Waals surface area contributed by atoms with Crippen molar-refractivity contribution in [3.63, 3.8) is 0 Å². The van der Waals surface area contributed by atoms with Gasteiger partial charge in [-0.1, -0.05) is 13.3 Å². The van der Waals surface area contributed by atoms with Crippen LogP contribution in [0.5, 0.6) is 11.5 Å². The summed E-state index contributed by atoms with van der Waals surface area (Å²) in [4.78, 5) is 0. The fourth-order valence-corrected chi connectivity index (χ4v) is 4.25. The van der Waals surface area contributed by atoms with Gasteiger partial charge in [-0.05, 0) is 70.9 Å². The van der Waals surface area contributed by atoms with E-state index >= 15 is 0 Å². The van der Waals surface area contributed by atoms with Gasteiger partial charge in [-0.2, -0.15) is 0 Å². The summed E-state index contributed by atoms with van der Waals surface area (Å²) in [7, 11) is -3.29. The predicted octanol–water partition coefficient (Wildman–Crippen LogP) is 4.26. The highest BCUT2D eigenvalue weighted by Crippen LogP contribution is 2.31. The molecular weight excluding hydrogens is 376 g/mol. The van der Waals surface area contributed by atoms with Crippen LogP contribution >= 0.6 is 0 Å². The number of hydrogen-bond donors (Lipinski definition) is 3. The lowest BCUT2D eigenvalue weighted by molar-refractivity contribution is 0.293. The molecule has 0 bridgehead atoms. The van der Waals surface area contributed by atoms with Crippen molar-refractivity contribution in [2.75, 3.05) is 18.5 Å². The molecule has 3 N–H and O–H groups in total. The summed E-state index contributed by atoms with van der Waals surface area (Å²) in [5.74, 6) is 1.17. The van der Waals surface area contributed by atoms with Gasteiger partial charge in [0.1, 0.15) is 0 Å². The van der Waals surface area contributed by atoms with E-state index in [0.717, 1.165) is 50.8 Å². The molecule has 160 valence electrons. The number of anilines is 1. The van der Waals surface area contributed by atoms with Crippen molar-refractivity contribution in [2.45, 2.75) is 77.0 Å². The second-order valence-corrected chi connectivity index (χ2v) is 11.2. The van der Waals surface area contributed by atoms with Gasteiger partial charge < -0.3 is 15.2 Å². The van der Waals surface area contributed by atoms with Gasteiger partial charge in [-0.3, -0.25) is 0 Å². The predicted molar refractivity (Wildman–Crippen MR) is 115 cm³/mol. The minimum atomic E-state index is -3.29. The Balaban J connectivity index is 1.77. The first-order valence-corrected chi connectivity index (χ1v) is 11.8. The molecule has 0 heterocycles. The number of unbranched alkanes of at least 4 members (excludes halogenated alkanes) is 1. The Hall–Kier alpha value is -1.47. The Morgan fingerprint density at radius 3 is 2.43 bits per heavy atom. The molecule has 28 heavy (non-hydrogen) atoms. The monoisotopic (exact) mass is 412 g/mol. The minimum absolute atomic E-state index is 0.0315. The molecule has 0 unspecified atom stereocenters. The second-order valence-electron chi connectivity index (χ2n) is 8.72. The third-order valence-corrected chi connectivity index (χ3v) is 7.54. The molecule has 0 atom stereocenters. The zero-order valence-corrected chi connectivity index (χ0v) is 18.4. The van der Waals surface area contributed by atoms with Crippen molar-refractivity contribution >= 4 is 15.7 Å². The van der Waals surface area contributed by atoms with Gasteiger partial charge in [-0.15, -0.1) is 0 Å². The number of hydrogen-bond acceptors (Lipinski definition) is 5. The van der Waals surface area contributed by atoms with Crippen LogP contribution in [0.15, 0.2) is 18.2 Å². The number of ether oxygens (including phenoxy) is 1. The van der Waals surface area contributed by atoms with Crippen molar-refractivity contribution < 1.29 is 18.3 Å². The summed E-state index contributed by atoms with van der Waals surface area (Å²) in [5, 5.41) is 13.5. The highest BCUT2D eigenvalue weighted by molar-refractivity contribution is 7.90. The Labute approximate surface area is 170 Å². The van der Waals surface area contributed by atoms with Crippen molar-refractivity contribution in [1.29, 1.82) is 0 Å². The number of nitrogens with one attached hydrogen (secondary N) is 2. The normalized spacial score (nSPS) is 20.7. The van der Waals surface area contributed by atoms with E-state index in [4.69, 9.17) is 4.74 Å². The zero-order valence-electron chi connectivity index (χ0n) is 17.6. The van der Waals surface area contributed by atoms with Crippen molar-refractivity contribution in [2.24, 2.45) is 5.92 Å². The fraction of sp³-hybridized carbons (Fsp3) is 0.714. The Morgan fingerprint density at radius 2 is 1.86 bits per heavy atom. The van der Waals surface area contributed by atoms with Gasteiger partial charge in [0.25, 0.3) is 0 Å². The number of rotatable bonds is 9. The molecule has 1 fully saturated rings. The van der Waals surface area contributed by atoms with Crippen molar-refractivity contribution in [3.05, 3.63) is 18.2 Å². The zero-order chi connectivity index (χ0) is 20.8. The van der Waals surface area contributed by atoms with Crippen LogP contribution in [0, 0.1) is 5.92 Å². The number of phenolic OH excluding ortho intramolecular Hbond substituents is 1. The standard InChI is InChI=1S/C21H36N2O4S/c1-5-6-13-27-20-12-11-18(14-19(20)24)22-15-16-7-9-17(10-8-16)23-28(25,26)21(2,3)4/h11-12,14,16-17,22-24H,5-10,13,15H2,1-4H3/t16-,17-. The van der Waals surface area contributed by atoms with E-state index in [1.165, 1.54) is 0 Å². The third kappa shape index (κ3) is 6.55. The molecule has 0 saturated heterocycles. The third-order valence-electron chi connectivity index (χ3n) is 5.28. The summed E-state index contributed by atoms with van der Waals surface area (Å²) < 4.78 is 32.3. The molecule has 2 rings (SSSR count). The summed E-state index contributed by atoms with van der Waals surface area (Å²) in [5.41, 5.74) is 0.871. The molecule has 1 saturated carbocycles. The molecule has 1 aliphatic carbocycles. The minimum Gasteiger partial charge on any atom is -0.504 e. The first kappa shape index (κ1) is 22.8. The van der Waals surface area contributed by atoms with E-state index < -0.39 is 14.8 Å². The van der Waals surface area contributed by atoms with Crippen molar-refractivity contribution in [1.82, 2.24) is 4.72 Å². The lowest BCUT2D eigenvalue weighted by atomic mass is 9.86. The molecule has 6 nitrogen and oxygen atoms in total. The van der Waals surface area contributed by atoms with Crippen LogP contribution in [0.25, 0.3) is 0 Å². The first-order chi connectivity index (χ1) is 13.1. The molecule has 0 aromatic heterocycles. The maximum absolute atomic E-state index is 12.3. The van der Waals surface area contributed by atoms with Gasteiger partial charge in [0.15, 0.2) is 11.5 Å². The Bertz CT molecular complexity index is 720. The van der Waals surface area contributed by atoms with Gasteiger partial charge in [0.05, 0.1) is 11.4 Å². The SMILES string of the molecule is CCCCOc1ccc(NC[C@H]2CC[C@H](NS(=O)(=O)C(C)(C)C)CC2)cc1O. The first-order valence-electron chi connectivity index (χ1n) is 10.3. The average molecular weight is 413 g/mol. The largest absolute Gasteiger partial charge is 0.504 e. The quantitative estimate of drug-likeness (QED) is 0.528. The van der Waals surface area contributed by atoms with Crippen LogP contribution in [0.2, 0.25) is 0 Å². The second kappa shape index (κ2) is 9.83. The summed E-state index contributed by atoms with van der Waals surface area (Å²) in [6.45, 7) is 8.69. The van der Waals surface area contributed by atoms with E-state index in [0.29, 0.717) is 18.3 Å². The molecule has 0 aliphatic heterocycles. The van der Waals surface area contributed by atoms with E-state index in [9.17, 15) is 13.5 Å². The fourth-order valence-electron chi connectivity index (χ4n) is 3.22. The molecule has 1 aromatic rings. The molecule has 0 radical (unpaired) electrons. The van der Waals surface area contributed by atoms with E-state index in [1.807, 2.05) is 6.07 Å². The van der Waals surface area contributed by atoms with Crippen LogP contribution in [-0.4, -0.2) is 37.5 Å². The smallest absolute Gasteiger partial charge is 0.216 e. The highest BCUT2D eigenvalue weighted by atomic mass is 32.2. The molecule has 0 amide bonds. The summed E-state index contributed by atoms with van der Waals surface area (Å²) in [6, 6.07) is 5.45. The molecule has 1 aromatic carbocycles. The van der Waals surface area contributed by atoms with E-state index in [2.05, 4.69) is 17.0 Å². The average Bonchev–Trinajstić information content (AvgIpc) is 2.62. The lowest BCUT2D eigenvalue weighted by Crippen LogP contribution is -2.46. The number of sulfonamides is 1. The van der Waals surface area contributed by atoms with Crippen LogP contribution in [0.1, 0.15) is 66.2 Å². The number of benzene rings is 1. The van der Waals surface area contributed by atoms with E-state index in [-0.39, 0.29) is 11.8 Å². The van der Waals surface area contributed by atoms with Crippen LogP contribution in [-0.2, 0) is 10.0 Å². The van der Waals surface area contributed by atoms with Gasteiger partial charge >= 0.3 is 0 Å². The Kier molecular flexibility index (Phi) is 8.01. The van der Waals surface area contributed by atoms with Crippen molar-refractivity contribution in [3.8, 4) is 11.5 Å². The van der Waals surface area contributed by atoms with Gasteiger partial charge in [-0.25, -0.2) is 13.1 Å². The number of aromatic hydroxyl groups is 1. The molecule has 7 heteroatoms. The highest BCUT2D eigenvalue weighted by Gasteiger charge is 2.32. The topological polar surface area (TPSA) is 87.7 Å². The maximum Gasteiger partial charge on any atom is 0.216 e. The molecular formula is C21H36N2O4S. The van der Waals surface area contributed by atoms with Gasteiger partial charge in [0, 0.05) is 24.3 Å². The summed E-state index contributed by atoms with van der Waals surface area (Å²) in [6.07, 6.45) is 5.70. The molecule has 1 aliphatic rings. The van der Waals surface area contributed by atoms with Crippen LogP contribution < -0.4 is 14.8 Å². The van der Waals surface area contributed by atoms with E-state index in [1.54, 1.807) is 32.9 Å². The summed E-state index contributed by atoms with van der Waals surface area (Å²) >= 11 is 0. The Morgan fingerprint density at radius 1 is 1.18 bits per heavy atom. The van der Waals surface area contributed by atoms with Gasteiger partial charge in [0.2, 0.25) is 10.0 Å². The molecule has 0 spiro atoms. The van der Waals surface area contributed by atoms with Crippen LogP contribution in [0.3, 0.4) is 0 Å². The van der Waals surface area contributed by atoms with Crippen LogP contribution in [0.4, 0.5) is 5.69 Å².